The summed E-state index contributed by atoms with van der Waals surface area (Å²) in [4.78, 5) is 17.9. The fraction of sp³-hybridized carbons (Fsp3) is 0.143. The van der Waals surface area contributed by atoms with Gasteiger partial charge in [-0.25, -0.2) is 0 Å². The Morgan fingerprint density at radius 1 is 1.26 bits per heavy atom. The number of amides is 1. The average Bonchev–Trinajstić information content (AvgIpc) is 2.42. The van der Waals surface area contributed by atoms with E-state index in [0.29, 0.717) is 17.1 Å². The van der Waals surface area contributed by atoms with Gasteiger partial charge in [0.25, 0.3) is 5.91 Å². The van der Waals surface area contributed by atoms with Crippen LogP contribution in [0.5, 0.6) is 0 Å². The molecule has 1 heterocycles. The van der Waals surface area contributed by atoms with Crippen molar-refractivity contribution in [3.8, 4) is 0 Å². The molecular formula is C14H12Cl2N2O. The molecule has 3 nitrogen and oxygen atoms in total. The summed E-state index contributed by atoms with van der Waals surface area (Å²) in [7, 11) is 1.71. The van der Waals surface area contributed by atoms with E-state index in [1.165, 1.54) is 0 Å². The second-order valence-corrected chi connectivity index (χ2v) is 4.91. The van der Waals surface area contributed by atoms with E-state index in [9.17, 15) is 4.79 Å². The van der Waals surface area contributed by atoms with Crippen molar-refractivity contribution in [3.05, 3.63) is 63.9 Å². The van der Waals surface area contributed by atoms with E-state index in [4.69, 9.17) is 23.2 Å². The largest absolute Gasteiger partial charge is 0.337 e. The van der Waals surface area contributed by atoms with Gasteiger partial charge in [0.15, 0.2) is 0 Å². The number of nitrogens with zero attached hydrogens (tertiary/aromatic N) is 2. The van der Waals surface area contributed by atoms with Gasteiger partial charge >= 0.3 is 0 Å². The summed E-state index contributed by atoms with van der Waals surface area (Å²) >= 11 is 12.0. The Bertz CT molecular complexity index is 587. The Kier molecular flexibility index (Phi) is 4.40. The molecule has 0 saturated carbocycles. The van der Waals surface area contributed by atoms with Gasteiger partial charge in [0.05, 0.1) is 15.6 Å². The van der Waals surface area contributed by atoms with Crippen LogP contribution in [0.2, 0.25) is 10.0 Å². The summed E-state index contributed by atoms with van der Waals surface area (Å²) in [5, 5.41) is 0.662. The lowest BCUT2D eigenvalue weighted by atomic mass is 10.2. The van der Waals surface area contributed by atoms with Crippen molar-refractivity contribution in [3.63, 3.8) is 0 Å². The number of benzene rings is 1. The van der Waals surface area contributed by atoms with Crippen LogP contribution in [0.1, 0.15) is 15.9 Å². The first-order valence-corrected chi connectivity index (χ1v) is 6.43. The second-order valence-electron chi connectivity index (χ2n) is 4.12. The Labute approximate surface area is 121 Å². The zero-order valence-corrected chi connectivity index (χ0v) is 11.8. The standard InChI is InChI=1S/C14H12Cl2N2O/c1-18(9-10-4-3-7-17-8-10)14(19)11-5-2-6-12(15)13(11)16/h2-8H,9H2,1H3. The van der Waals surface area contributed by atoms with Gasteiger partial charge in [-0.15, -0.1) is 0 Å². The third kappa shape index (κ3) is 3.25. The van der Waals surface area contributed by atoms with Crippen molar-refractivity contribution in [1.82, 2.24) is 9.88 Å². The number of hydrogen-bond acceptors (Lipinski definition) is 2. The molecule has 98 valence electrons. The van der Waals surface area contributed by atoms with Crippen LogP contribution in [0.15, 0.2) is 42.7 Å². The van der Waals surface area contributed by atoms with Gasteiger partial charge in [0.1, 0.15) is 0 Å². The molecule has 0 unspecified atom stereocenters. The summed E-state index contributed by atoms with van der Waals surface area (Å²) in [6.07, 6.45) is 3.42. The highest BCUT2D eigenvalue weighted by Gasteiger charge is 2.16. The summed E-state index contributed by atoms with van der Waals surface area (Å²) in [6.45, 7) is 0.468. The molecule has 1 amide bonds. The lowest BCUT2D eigenvalue weighted by Crippen LogP contribution is -2.26. The minimum Gasteiger partial charge on any atom is -0.337 e. The van der Waals surface area contributed by atoms with Crippen LogP contribution in [-0.2, 0) is 6.54 Å². The molecule has 19 heavy (non-hydrogen) atoms. The molecule has 1 aromatic carbocycles. The number of hydrogen-bond donors (Lipinski definition) is 0. The lowest BCUT2D eigenvalue weighted by molar-refractivity contribution is 0.0785. The quantitative estimate of drug-likeness (QED) is 0.865. The van der Waals surface area contributed by atoms with E-state index in [-0.39, 0.29) is 10.9 Å². The molecular weight excluding hydrogens is 283 g/mol. The molecule has 0 aliphatic rings. The normalized spacial score (nSPS) is 10.3. The van der Waals surface area contributed by atoms with Crippen molar-refractivity contribution in [2.45, 2.75) is 6.54 Å². The lowest BCUT2D eigenvalue weighted by Gasteiger charge is -2.18. The summed E-state index contributed by atoms with van der Waals surface area (Å²) in [6, 6.07) is 8.77. The van der Waals surface area contributed by atoms with Crippen LogP contribution in [0.25, 0.3) is 0 Å². The van der Waals surface area contributed by atoms with Crippen LogP contribution in [-0.4, -0.2) is 22.8 Å². The fourth-order valence-corrected chi connectivity index (χ4v) is 2.09. The summed E-state index contributed by atoms with van der Waals surface area (Å²) < 4.78 is 0. The number of carbonyl (C=O) groups excluding carboxylic acids is 1. The van der Waals surface area contributed by atoms with E-state index in [2.05, 4.69) is 4.98 Å². The number of pyridine rings is 1. The Balaban J connectivity index is 2.18. The third-order valence-electron chi connectivity index (χ3n) is 2.67. The predicted octanol–water partition coefficient (Wildman–Crippen LogP) is 3.66. The van der Waals surface area contributed by atoms with Gasteiger partial charge < -0.3 is 4.90 Å². The minimum atomic E-state index is -0.170. The van der Waals surface area contributed by atoms with E-state index in [1.807, 2.05) is 12.1 Å². The maximum atomic E-state index is 12.3. The smallest absolute Gasteiger partial charge is 0.255 e. The Morgan fingerprint density at radius 3 is 2.74 bits per heavy atom. The molecule has 0 atom stereocenters. The minimum absolute atomic E-state index is 0.170. The van der Waals surface area contributed by atoms with Crippen LogP contribution < -0.4 is 0 Å². The first-order chi connectivity index (χ1) is 9.09. The molecule has 5 heteroatoms. The molecule has 2 aromatic rings. The molecule has 0 aliphatic heterocycles. The number of aromatic nitrogens is 1. The van der Waals surface area contributed by atoms with Gasteiger partial charge in [-0.2, -0.15) is 0 Å². The topological polar surface area (TPSA) is 33.2 Å². The number of carbonyl (C=O) groups is 1. The Morgan fingerprint density at radius 2 is 2.05 bits per heavy atom. The van der Waals surface area contributed by atoms with E-state index < -0.39 is 0 Å². The molecule has 0 radical (unpaired) electrons. The van der Waals surface area contributed by atoms with Gasteiger partial charge in [0.2, 0.25) is 0 Å². The number of halogens is 2. The molecule has 0 bridgehead atoms. The molecule has 0 spiro atoms. The first kappa shape index (κ1) is 13.8. The zero-order chi connectivity index (χ0) is 13.8. The van der Waals surface area contributed by atoms with E-state index >= 15 is 0 Å². The van der Waals surface area contributed by atoms with Crippen molar-refractivity contribution < 1.29 is 4.79 Å². The highest BCUT2D eigenvalue weighted by molar-refractivity contribution is 6.43. The van der Waals surface area contributed by atoms with Crippen molar-refractivity contribution >= 4 is 29.1 Å². The third-order valence-corrected chi connectivity index (χ3v) is 3.49. The van der Waals surface area contributed by atoms with E-state index in [0.717, 1.165) is 5.56 Å². The molecule has 0 fully saturated rings. The van der Waals surface area contributed by atoms with Gasteiger partial charge in [-0.3, -0.25) is 9.78 Å². The molecule has 0 aliphatic carbocycles. The molecule has 0 saturated heterocycles. The number of rotatable bonds is 3. The average molecular weight is 295 g/mol. The molecule has 1 aromatic heterocycles. The predicted molar refractivity (Wildman–Crippen MR) is 76.5 cm³/mol. The highest BCUT2D eigenvalue weighted by atomic mass is 35.5. The maximum absolute atomic E-state index is 12.3. The maximum Gasteiger partial charge on any atom is 0.255 e. The van der Waals surface area contributed by atoms with Crippen molar-refractivity contribution in [1.29, 1.82) is 0 Å². The summed E-state index contributed by atoms with van der Waals surface area (Å²) in [5.74, 6) is -0.170. The first-order valence-electron chi connectivity index (χ1n) is 5.68. The highest BCUT2D eigenvalue weighted by Crippen LogP contribution is 2.26. The van der Waals surface area contributed by atoms with Crippen molar-refractivity contribution in [2.75, 3.05) is 7.05 Å². The van der Waals surface area contributed by atoms with E-state index in [1.54, 1.807) is 42.5 Å². The summed E-state index contributed by atoms with van der Waals surface area (Å²) in [5.41, 5.74) is 1.36. The van der Waals surface area contributed by atoms with Gasteiger partial charge in [-0.05, 0) is 23.8 Å². The van der Waals surface area contributed by atoms with Gasteiger partial charge in [-0.1, -0.05) is 35.3 Å². The second kappa shape index (κ2) is 6.04. The van der Waals surface area contributed by atoms with Crippen LogP contribution in [0, 0.1) is 0 Å². The zero-order valence-electron chi connectivity index (χ0n) is 10.3. The van der Waals surface area contributed by atoms with Crippen LogP contribution >= 0.6 is 23.2 Å². The van der Waals surface area contributed by atoms with Gasteiger partial charge in [0, 0.05) is 26.0 Å². The van der Waals surface area contributed by atoms with Crippen LogP contribution in [0.4, 0.5) is 0 Å². The molecule has 0 N–H and O–H groups in total. The SMILES string of the molecule is CN(Cc1cccnc1)C(=O)c1cccc(Cl)c1Cl. The molecule has 2 rings (SSSR count). The van der Waals surface area contributed by atoms with Crippen LogP contribution in [0.3, 0.4) is 0 Å². The Hall–Kier alpha value is -1.58. The van der Waals surface area contributed by atoms with Crippen molar-refractivity contribution in [2.24, 2.45) is 0 Å². The fourth-order valence-electron chi connectivity index (χ4n) is 1.71. The monoisotopic (exact) mass is 294 g/mol.